The van der Waals surface area contributed by atoms with Gasteiger partial charge in [-0.1, -0.05) is 6.07 Å². The average Bonchev–Trinajstić information content (AvgIpc) is 2.44. The van der Waals surface area contributed by atoms with Crippen LogP contribution in [-0.4, -0.2) is 48.0 Å². The maximum Gasteiger partial charge on any atom is 0.422 e. The Labute approximate surface area is 139 Å². The van der Waals surface area contributed by atoms with Crippen molar-refractivity contribution in [3.8, 4) is 11.5 Å². The maximum atomic E-state index is 12.3. The Morgan fingerprint density at radius 2 is 1.92 bits per heavy atom. The molecule has 0 aromatic heterocycles. The topological polar surface area (TPSA) is 59.0 Å². The number of carbonyl (C=O) groups is 1. The van der Waals surface area contributed by atoms with Crippen LogP contribution in [0.4, 0.5) is 13.2 Å². The zero-order chi connectivity index (χ0) is 18.3. The minimum absolute atomic E-state index is 0.00204. The van der Waals surface area contributed by atoms with E-state index in [1.165, 1.54) is 6.07 Å². The van der Waals surface area contributed by atoms with Crippen LogP contribution in [0.15, 0.2) is 18.2 Å². The van der Waals surface area contributed by atoms with Gasteiger partial charge in [-0.15, -0.1) is 0 Å². The van der Waals surface area contributed by atoms with Crippen molar-refractivity contribution >= 4 is 5.97 Å². The molecule has 0 saturated heterocycles. The second-order valence-corrected chi connectivity index (χ2v) is 5.51. The van der Waals surface area contributed by atoms with E-state index in [2.05, 4.69) is 0 Å². The minimum Gasteiger partial charge on any atom is -0.490 e. The fraction of sp³-hybridized carbons (Fsp3) is 0.562. The van der Waals surface area contributed by atoms with Gasteiger partial charge >= 0.3 is 12.1 Å². The van der Waals surface area contributed by atoms with Gasteiger partial charge in [0.05, 0.1) is 13.2 Å². The molecule has 5 nitrogen and oxygen atoms in total. The monoisotopic (exact) mass is 349 g/mol. The highest BCUT2D eigenvalue weighted by Gasteiger charge is 2.29. The Morgan fingerprint density at radius 3 is 2.42 bits per heavy atom. The Kier molecular flexibility index (Phi) is 7.34. The highest BCUT2D eigenvalue weighted by molar-refractivity contribution is 5.69. The van der Waals surface area contributed by atoms with Crippen LogP contribution in [0.2, 0.25) is 0 Å². The van der Waals surface area contributed by atoms with Gasteiger partial charge in [-0.05, 0) is 38.5 Å². The van der Waals surface area contributed by atoms with Crippen LogP contribution in [-0.2, 0) is 11.3 Å². The van der Waals surface area contributed by atoms with Gasteiger partial charge in [0.1, 0.15) is 0 Å². The van der Waals surface area contributed by atoms with Gasteiger partial charge in [-0.25, -0.2) is 0 Å². The van der Waals surface area contributed by atoms with Crippen molar-refractivity contribution < 1.29 is 32.5 Å². The third-order valence-electron chi connectivity index (χ3n) is 3.15. The Balaban J connectivity index is 2.93. The van der Waals surface area contributed by atoms with Crippen LogP contribution in [0.3, 0.4) is 0 Å². The van der Waals surface area contributed by atoms with E-state index in [4.69, 9.17) is 14.6 Å². The van der Waals surface area contributed by atoms with Crippen LogP contribution < -0.4 is 9.47 Å². The summed E-state index contributed by atoms with van der Waals surface area (Å²) in [5.41, 5.74) is 0.729. The van der Waals surface area contributed by atoms with Gasteiger partial charge in [0, 0.05) is 12.6 Å². The number of halogens is 3. The second-order valence-electron chi connectivity index (χ2n) is 5.51. The molecule has 24 heavy (non-hydrogen) atoms. The third-order valence-corrected chi connectivity index (χ3v) is 3.15. The van der Waals surface area contributed by atoms with Gasteiger partial charge < -0.3 is 14.6 Å². The largest absolute Gasteiger partial charge is 0.490 e. The number of carboxylic acid groups (broad SMARTS) is 1. The summed E-state index contributed by atoms with van der Waals surface area (Å²) in [6.45, 7) is 4.53. The van der Waals surface area contributed by atoms with Gasteiger partial charge in [0.15, 0.2) is 18.1 Å². The van der Waals surface area contributed by atoms with Crippen molar-refractivity contribution in [2.24, 2.45) is 0 Å². The summed E-state index contributed by atoms with van der Waals surface area (Å²) in [6, 6.07) is 4.58. The normalized spacial score (nSPS) is 11.8. The summed E-state index contributed by atoms with van der Waals surface area (Å²) in [5.74, 6) is -0.732. The van der Waals surface area contributed by atoms with Gasteiger partial charge in [-0.3, -0.25) is 9.69 Å². The molecule has 0 saturated carbocycles. The van der Waals surface area contributed by atoms with E-state index in [0.717, 1.165) is 5.56 Å². The lowest BCUT2D eigenvalue weighted by Crippen LogP contribution is -2.35. The lowest BCUT2D eigenvalue weighted by Gasteiger charge is -2.25. The van der Waals surface area contributed by atoms with Crippen molar-refractivity contribution in [2.45, 2.75) is 39.5 Å². The van der Waals surface area contributed by atoms with E-state index >= 15 is 0 Å². The SMILES string of the molecule is CCOc1cc(CN(CC(=O)O)C(C)C)ccc1OCC(F)(F)F. The highest BCUT2D eigenvalue weighted by atomic mass is 19.4. The van der Waals surface area contributed by atoms with E-state index in [9.17, 15) is 18.0 Å². The van der Waals surface area contributed by atoms with Gasteiger partial charge in [0.25, 0.3) is 0 Å². The van der Waals surface area contributed by atoms with Crippen molar-refractivity contribution in [1.29, 1.82) is 0 Å². The molecule has 0 bridgehead atoms. The molecule has 0 amide bonds. The van der Waals surface area contributed by atoms with Crippen LogP contribution >= 0.6 is 0 Å². The number of aliphatic carboxylic acids is 1. The predicted octanol–water partition coefficient (Wildman–Crippen LogP) is 3.32. The maximum absolute atomic E-state index is 12.3. The van der Waals surface area contributed by atoms with E-state index in [1.807, 2.05) is 13.8 Å². The standard InChI is InChI=1S/C16H22F3NO4/c1-4-23-14-7-12(8-20(11(2)3)9-15(21)22)5-6-13(14)24-10-16(17,18)19/h5-7,11H,4,8-10H2,1-3H3,(H,21,22). The minimum atomic E-state index is -4.43. The average molecular weight is 349 g/mol. The number of nitrogens with zero attached hydrogens (tertiary/aromatic N) is 1. The summed E-state index contributed by atoms with van der Waals surface area (Å²) in [7, 11) is 0. The Hall–Kier alpha value is -1.96. The molecule has 0 spiro atoms. The van der Waals surface area contributed by atoms with Crippen molar-refractivity contribution in [1.82, 2.24) is 4.90 Å². The zero-order valence-electron chi connectivity index (χ0n) is 13.9. The zero-order valence-corrected chi connectivity index (χ0v) is 13.9. The molecule has 0 atom stereocenters. The molecular formula is C16H22F3NO4. The Morgan fingerprint density at radius 1 is 1.25 bits per heavy atom. The lowest BCUT2D eigenvalue weighted by atomic mass is 10.1. The first kappa shape index (κ1) is 20.1. The number of benzene rings is 1. The molecule has 136 valence electrons. The molecule has 1 rings (SSSR count). The Bertz CT molecular complexity index is 547. The van der Waals surface area contributed by atoms with Gasteiger partial charge in [0.2, 0.25) is 0 Å². The first-order valence-corrected chi connectivity index (χ1v) is 7.53. The summed E-state index contributed by atoms with van der Waals surface area (Å²) >= 11 is 0. The van der Waals surface area contributed by atoms with Crippen molar-refractivity contribution in [3.05, 3.63) is 23.8 Å². The molecule has 0 radical (unpaired) electrons. The van der Waals surface area contributed by atoms with E-state index in [-0.39, 0.29) is 30.7 Å². The highest BCUT2D eigenvalue weighted by Crippen LogP contribution is 2.30. The summed E-state index contributed by atoms with van der Waals surface area (Å²) in [5, 5.41) is 8.95. The second kappa shape index (κ2) is 8.77. The molecule has 1 N–H and O–H groups in total. The first-order chi connectivity index (χ1) is 11.1. The predicted molar refractivity (Wildman–Crippen MR) is 82.3 cm³/mol. The van der Waals surface area contributed by atoms with Crippen LogP contribution in [0, 0.1) is 0 Å². The van der Waals surface area contributed by atoms with Gasteiger partial charge in [-0.2, -0.15) is 13.2 Å². The van der Waals surface area contributed by atoms with E-state index in [0.29, 0.717) is 6.54 Å². The molecule has 0 heterocycles. The van der Waals surface area contributed by atoms with E-state index in [1.54, 1.807) is 24.0 Å². The molecular weight excluding hydrogens is 327 g/mol. The van der Waals surface area contributed by atoms with E-state index < -0.39 is 18.8 Å². The molecule has 0 aliphatic carbocycles. The van der Waals surface area contributed by atoms with Crippen LogP contribution in [0.25, 0.3) is 0 Å². The van der Waals surface area contributed by atoms with Crippen LogP contribution in [0.1, 0.15) is 26.3 Å². The number of carboxylic acids is 1. The number of alkyl halides is 3. The number of ether oxygens (including phenoxy) is 2. The molecule has 0 aliphatic heterocycles. The first-order valence-electron chi connectivity index (χ1n) is 7.53. The molecule has 8 heteroatoms. The molecule has 1 aromatic rings. The summed E-state index contributed by atoms with van der Waals surface area (Å²) < 4.78 is 47.0. The van der Waals surface area contributed by atoms with Crippen molar-refractivity contribution in [2.75, 3.05) is 19.8 Å². The van der Waals surface area contributed by atoms with Crippen LogP contribution in [0.5, 0.6) is 11.5 Å². The fourth-order valence-corrected chi connectivity index (χ4v) is 2.03. The molecule has 0 fully saturated rings. The number of rotatable bonds is 9. The fourth-order valence-electron chi connectivity index (χ4n) is 2.03. The van der Waals surface area contributed by atoms with Crippen molar-refractivity contribution in [3.63, 3.8) is 0 Å². The molecule has 0 aliphatic rings. The lowest BCUT2D eigenvalue weighted by molar-refractivity contribution is -0.153. The summed E-state index contributed by atoms with van der Waals surface area (Å²) in [4.78, 5) is 12.6. The number of hydrogen-bond donors (Lipinski definition) is 1. The smallest absolute Gasteiger partial charge is 0.422 e. The molecule has 0 unspecified atom stereocenters. The number of hydrogen-bond acceptors (Lipinski definition) is 4. The quantitative estimate of drug-likeness (QED) is 0.741. The third kappa shape index (κ3) is 7.08. The summed E-state index contributed by atoms with van der Waals surface area (Å²) in [6.07, 6.45) is -4.43. The molecule has 1 aromatic carbocycles.